The van der Waals surface area contributed by atoms with Crippen molar-refractivity contribution < 1.29 is 14.3 Å². The Hall–Kier alpha value is -1.36. The van der Waals surface area contributed by atoms with Crippen LogP contribution in [0.25, 0.3) is 0 Å². The van der Waals surface area contributed by atoms with E-state index in [1.54, 1.807) is 13.3 Å². The first-order valence-electron chi connectivity index (χ1n) is 7.85. The maximum Gasteiger partial charge on any atom is 0.303 e. The van der Waals surface area contributed by atoms with Crippen LogP contribution < -0.4 is 4.74 Å². The molecule has 1 fully saturated rings. The van der Waals surface area contributed by atoms with Gasteiger partial charge in [0.25, 0.3) is 0 Å². The minimum absolute atomic E-state index is 0.320. The van der Waals surface area contributed by atoms with Crippen molar-refractivity contribution >= 4 is 21.9 Å². The van der Waals surface area contributed by atoms with E-state index in [1.807, 2.05) is 6.92 Å². The maximum atomic E-state index is 11.7. The second-order valence-electron chi connectivity index (χ2n) is 6.37. The molecule has 126 valence electrons. The highest BCUT2D eigenvalue weighted by Crippen LogP contribution is 2.52. The molecule has 1 aromatic heterocycles. The van der Waals surface area contributed by atoms with Gasteiger partial charge in [-0.3, -0.25) is 9.78 Å². The fraction of sp³-hybridized carbons (Fsp3) is 0.556. The standard InChI is InChI=1S/C18H24BrNO3/c1-11-8-6-7-9-18(11,4)17(23-13(3)21)15-16(22-5)12(2)14(19)10-20-15/h10,17H,1,6-9H2,2-5H3. The highest BCUT2D eigenvalue weighted by Gasteiger charge is 2.43. The molecule has 1 heterocycles. The Labute approximate surface area is 146 Å². The predicted molar refractivity (Wildman–Crippen MR) is 93.4 cm³/mol. The van der Waals surface area contributed by atoms with Crippen LogP contribution in [0.5, 0.6) is 5.75 Å². The first-order chi connectivity index (χ1) is 10.8. The molecular weight excluding hydrogens is 358 g/mol. The fourth-order valence-electron chi connectivity index (χ4n) is 3.29. The summed E-state index contributed by atoms with van der Waals surface area (Å²) in [7, 11) is 1.61. The van der Waals surface area contributed by atoms with E-state index in [2.05, 4.69) is 34.4 Å². The van der Waals surface area contributed by atoms with E-state index in [0.717, 1.165) is 41.3 Å². The van der Waals surface area contributed by atoms with E-state index < -0.39 is 6.10 Å². The monoisotopic (exact) mass is 381 g/mol. The lowest BCUT2D eigenvalue weighted by Gasteiger charge is -2.41. The summed E-state index contributed by atoms with van der Waals surface area (Å²) in [5.41, 5.74) is 2.39. The van der Waals surface area contributed by atoms with Crippen LogP contribution in [-0.2, 0) is 9.53 Å². The van der Waals surface area contributed by atoms with Crippen LogP contribution in [0.3, 0.4) is 0 Å². The van der Waals surface area contributed by atoms with Gasteiger partial charge in [-0.15, -0.1) is 0 Å². The van der Waals surface area contributed by atoms with Gasteiger partial charge in [-0.1, -0.05) is 25.5 Å². The molecule has 0 aliphatic heterocycles. The molecule has 1 saturated carbocycles. The summed E-state index contributed by atoms with van der Waals surface area (Å²) in [5, 5.41) is 0. The topological polar surface area (TPSA) is 48.4 Å². The largest absolute Gasteiger partial charge is 0.494 e. The van der Waals surface area contributed by atoms with Crippen LogP contribution in [0.15, 0.2) is 22.8 Å². The summed E-state index contributed by atoms with van der Waals surface area (Å²) in [6, 6.07) is 0. The molecule has 2 atom stereocenters. The third kappa shape index (κ3) is 3.44. The molecule has 2 unspecified atom stereocenters. The van der Waals surface area contributed by atoms with Crippen LogP contribution >= 0.6 is 15.9 Å². The predicted octanol–water partition coefficient (Wildman–Crippen LogP) is 4.90. The number of esters is 1. The molecule has 4 nitrogen and oxygen atoms in total. The Kier molecular flexibility index (Phi) is 5.50. The lowest BCUT2D eigenvalue weighted by molar-refractivity contribution is -0.153. The van der Waals surface area contributed by atoms with E-state index >= 15 is 0 Å². The van der Waals surface area contributed by atoms with E-state index in [4.69, 9.17) is 9.47 Å². The van der Waals surface area contributed by atoms with Crippen LogP contribution in [-0.4, -0.2) is 18.1 Å². The minimum Gasteiger partial charge on any atom is -0.494 e. The number of nitrogens with zero attached hydrogens (tertiary/aromatic N) is 1. The Morgan fingerprint density at radius 1 is 1.48 bits per heavy atom. The number of aromatic nitrogens is 1. The summed E-state index contributed by atoms with van der Waals surface area (Å²) in [4.78, 5) is 16.3. The van der Waals surface area contributed by atoms with Gasteiger partial charge in [0.05, 0.1) is 7.11 Å². The quantitative estimate of drug-likeness (QED) is 0.549. The van der Waals surface area contributed by atoms with Gasteiger partial charge in [0.2, 0.25) is 0 Å². The summed E-state index contributed by atoms with van der Waals surface area (Å²) in [6.07, 6.45) is 5.33. The Balaban J connectivity index is 2.58. The summed E-state index contributed by atoms with van der Waals surface area (Å²) in [6.45, 7) is 9.75. The number of carbonyl (C=O) groups is 1. The number of ether oxygens (including phenoxy) is 2. The molecule has 23 heavy (non-hydrogen) atoms. The summed E-state index contributed by atoms with van der Waals surface area (Å²) in [5.74, 6) is 0.337. The van der Waals surface area contributed by atoms with Crippen LogP contribution in [0, 0.1) is 12.3 Å². The summed E-state index contributed by atoms with van der Waals surface area (Å²) < 4.78 is 12.2. The van der Waals surface area contributed by atoms with Crippen LogP contribution in [0.4, 0.5) is 0 Å². The van der Waals surface area contributed by atoms with Crippen LogP contribution in [0.1, 0.15) is 56.9 Å². The van der Waals surface area contributed by atoms with Crippen molar-refractivity contribution in [1.82, 2.24) is 4.98 Å². The number of rotatable bonds is 4. The second kappa shape index (κ2) is 7.04. The zero-order valence-electron chi connectivity index (χ0n) is 14.2. The number of halogens is 1. The van der Waals surface area contributed by atoms with E-state index in [0.29, 0.717) is 11.4 Å². The van der Waals surface area contributed by atoms with Crippen molar-refractivity contribution in [2.24, 2.45) is 5.41 Å². The molecule has 5 heteroatoms. The summed E-state index contributed by atoms with van der Waals surface area (Å²) >= 11 is 3.47. The normalized spacial score (nSPS) is 22.6. The average Bonchev–Trinajstić information content (AvgIpc) is 2.50. The molecule has 1 aliphatic carbocycles. The fourth-order valence-corrected chi connectivity index (χ4v) is 3.57. The van der Waals surface area contributed by atoms with Gasteiger partial charge in [0.1, 0.15) is 11.4 Å². The lowest BCUT2D eigenvalue weighted by Crippen LogP contribution is -2.34. The van der Waals surface area contributed by atoms with Crippen molar-refractivity contribution in [2.75, 3.05) is 7.11 Å². The molecular formula is C18H24BrNO3. The SMILES string of the molecule is C=C1CCCCC1(C)C(OC(C)=O)c1ncc(Br)c(C)c1OC. The first-order valence-corrected chi connectivity index (χ1v) is 8.65. The number of methoxy groups -OCH3 is 1. The van der Waals surface area contributed by atoms with Gasteiger partial charge in [0.15, 0.2) is 6.10 Å². The molecule has 1 aromatic rings. The third-order valence-corrected chi connectivity index (χ3v) is 5.60. The minimum atomic E-state index is -0.491. The Bertz CT molecular complexity index is 629. The Morgan fingerprint density at radius 2 is 2.17 bits per heavy atom. The molecule has 0 bridgehead atoms. The van der Waals surface area contributed by atoms with Crippen LogP contribution in [0.2, 0.25) is 0 Å². The van der Waals surface area contributed by atoms with E-state index in [1.165, 1.54) is 6.92 Å². The van der Waals surface area contributed by atoms with Gasteiger partial charge in [-0.2, -0.15) is 0 Å². The van der Waals surface area contributed by atoms with Gasteiger partial charge >= 0.3 is 5.97 Å². The highest BCUT2D eigenvalue weighted by atomic mass is 79.9. The molecule has 0 amide bonds. The van der Waals surface area contributed by atoms with Crippen molar-refractivity contribution in [3.05, 3.63) is 34.1 Å². The zero-order valence-corrected chi connectivity index (χ0v) is 15.8. The lowest BCUT2D eigenvalue weighted by atomic mass is 9.67. The third-order valence-electron chi connectivity index (χ3n) is 4.80. The number of hydrogen-bond acceptors (Lipinski definition) is 4. The van der Waals surface area contributed by atoms with E-state index in [9.17, 15) is 4.79 Å². The Morgan fingerprint density at radius 3 is 2.74 bits per heavy atom. The van der Waals surface area contributed by atoms with Crippen molar-refractivity contribution in [3.8, 4) is 5.75 Å². The molecule has 0 radical (unpaired) electrons. The number of pyridine rings is 1. The molecule has 2 rings (SSSR count). The van der Waals surface area contributed by atoms with Gasteiger partial charge in [-0.25, -0.2) is 0 Å². The zero-order chi connectivity index (χ0) is 17.2. The smallest absolute Gasteiger partial charge is 0.303 e. The van der Waals surface area contributed by atoms with E-state index in [-0.39, 0.29) is 11.4 Å². The van der Waals surface area contributed by atoms with Crippen molar-refractivity contribution in [1.29, 1.82) is 0 Å². The van der Waals surface area contributed by atoms with Crippen molar-refractivity contribution in [3.63, 3.8) is 0 Å². The number of carbonyl (C=O) groups excluding carboxylic acids is 1. The average molecular weight is 382 g/mol. The van der Waals surface area contributed by atoms with Crippen molar-refractivity contribution in [2.45, 2.75) is 52.6 Å². The van der Waals surface area contributed by atoms with Gasteiger partial charge < -0.3 is 9.47 Å². The number of hydrogen-bond donors (Lipinski definition) is 0. The molecule has 0 spiro atoms. The molecule has 1 aliphatic rings. The molecule has 0 N–H and O–H groups in total. The second-order valence-corrected chi connectivity index (χ2v) is 7.22. The van der Waals surface area contributed by atoms with Gasteiger partial charge in [0, 0.05) is 28.6 Å². The first kappa shape index (κ1) is 18.0. The molecule has 0 aromatic carbocycles. The molecule has 0 saturated heterocycles. The maximum absolute atomic E-state index is 11.7. The highest BCUT2D eigenvalue weighted by molar-refractivity contribution is 9.10. The van der Waals surface area contributed by atoms with Gasteiger partial charge in [-0.05, 0) is 42.1 Å².